The van der Waals surface area contributed by atoms with Gasteiger partial charge < -0.3 is 14.6 Å². The molecule has 0 spiro atoms. The second-order valence-electron chi connectivity index (χ2n) is 4.74. The molecule has 2 rings (SSSR count). The molecule has 0 aliphatic heterocycles. The molecule has 1 N–H and O–H groups in total. The Labute approximate surface area is 114 Å². The van der Waals surface area contributed by atoms with Gasteiger partial charge in [-0.15, -0.1) is 0 Å². The molecule has 19 heavy (non-hydrogen) atoms. The lowest BCUT2D eigenvalue weighted by Gasteiger charge is -2.16. The Kier molecular flexibility index (Phi) is 5.12. The van der Waals surface area contributed by atoms with Crippen LogP contribution in [0, 0.1) is 0 Å². The first-order chi connectivity index (χ1) is 9.29. The van der Waals surface area contributed by atoms with E-state index in [0.717, 1.165) is 31.8 Å². The third-order valence-electron chi connectivity index (χ3n) is 3.15. The maximum absolute atomic E-state index is 5.47. The number of furan rings is 1. The Bertz CT molecular complexity index is 481. The van der Waals surface area contributed by atoms with Crippen LogP contribution < -0.4 is 5.32 Å². The van der Waals surface area contributed by atoms with Gasteiger partial charge >= 0.3 is 0 Å². The molecule has 0 aliphatic carbocycles. The van der Waals surface area contributed by atoms with Gasteiger partial charge in [0.25, 0.3) is 0 Å². The minimum atomic E-state index is 0.778. The summed E-state index contributed by atoms with van der Waals surface area (Å²) >= 11 is 0. The average Bonchev–Trinajstić information content (AvgIpc) is 2.85. The normalized spacial score (nSPS) is 11.1. The number of pyridine rings is 1. The summed E-state index contributed by atoms with van der Waals surface area (Å²) in [7, 11) is 4.07. The minimum absolute atomic E-state index is 0.778. The molecule has 0 saturated carbocycles. The topological polar surface area (TPSA) is 41.3 Å². The second kappa shape index (κ2) is 7.07. The number of hydrogen-bond acceptors (Lipinski definition) is 4. The van der Waals surface area contributed by atoms with Crippen molar-refractivity contribution in [3.05, 3.63) is 53.7 Å². The van der Waals surface area contributed by atoms with Crippen molar-refractivity contribution < 1.29 is 4.42 Å². The predicted molar refractivity (Wildman–Crippen MR) is 75.7 cm³/mol. The van der Waals surface area contributed by atoms with Gasteiger partial charge in [-0.05, 0) is 44.3 Å². The van der Waals surface area contributed by atoms with E-state index in [2.05, 4.69) is 40.4 Å². The van der Waals surface area contributed by atoms with E-state index in [0.29, 0.717) is 0 Å². The molecule has 0 aromatic carbocycles. The third kappa shape index (κ3) is 4.19. The Morgan fingerprint density at radius 1 is 1.26 bits per heavy atom. The highest BCUT2D eigenvalue weighted by Gasteiger charge is 2.08. The van der Waals surface area contributed by atoms with E-state index in [1.165, 1.54) is 11.1 Å². The molecule has 0 fully saturated rings. The molecule has 0 aliphatic rings. The quantitative estimate of drug-likeness (QED) is 0.826. The van der Waals surface area contributed by atoms with Crippen LogP contribution in [0.15, 0.2) is 41.3 Å². The van der Waals surface area contributed by atoms with Gasteiger partial charge in [0.15, 0.2) is 0 Å². The molecule has 2 heterocycles. The zero-order valence-electron chi connectivity index (χ0n) is 11.6. The number of likely N-dealkylation sites (N-methyl/N-ethyl adjacent to an activating group) is 1. The van der Waals surface area contributed by atoms with Gasteiger partial charge in [0.2, 0.25) is 0 Å². The first-order valence-electron chi connectivity index (χ1n) is 6.57. The maximum Gasteiger partial charge on any atom is 0.122 e. The molecule has 0 radical (unpaired) electrons. The summed E-state index contributed by atoms with van der Waals surface area (Å²) in [6.45, 7) is 2.72. The van der Waals surface area contributed by atoms with Gasteiger partial charge in [0.05, 0.1) is 12.8 Å². The molecule has 0 unspecified atom stereocenters. The van der Waals surface area contributed by atoms with Crippen LogP contribution in [0.2, 0.25) is 0 Å². The van der Waals surface area contributed by atoms with Gasteiger partial charge in [-0.25, -0.2) is 0 Å². The van der Waals surface area contributed by atoms with Crippen molar-refractivity contribution in [2.45, 2.75) is 19.5 Å². The summed E-state index contributed by atoms with van der Waals surface area (Å²) in [4.78, 5) is 6.34. The van der Waals surface area contributed by atoms with Crippen LogP contribution in [0.1, 0.15) is 16.9 Å². The van der Waals surface area contributed by atoms with Crippen molar-refractivity contribution in [1.29, 1.82) is 0 Å². The Balaban J connectivity index is 1.84. The molecule has 0 saturated heterocycles. The molecule has 2 aromatic rings. The number of nitrogens with one attached hydrogen (secondary N) is 1. The molecule has 0 atom stereocenters. The van der Waals surface area contributed by atoms with Crippen molar-refractivity contribution in [2.24, 2.45) is 0 Å². The number of aromatic nitrogens is 1. The molecular weight excluding hydrogens is 238 g/mol. The summed E-state index contributed by atoms with van der Waals surface area (Å²) < 4.78 is 5.47. The molecule has 4 heteroatoms. The molecule has 102 valence electrons. The Morgan fingerprint density at radius 2 is 2.05 bits per heavy atom. The summed E-state index contributed by atoms with van der Waals surface area (Å²) in [5.41, 5.74) is 2.58. The molecule has 0 bridgehead atoms. The first kappa shape index (κ1) is 13.8. The van der Waals surface area contributed by atoms with Crippen LogP contribution >= 0.6 is 0 Å². The maximum atomic E-state index is 5.47. The van der Waals surface area contributed by atoms with Crippen LogP contribution in [-0.4, -0.2) is 30.5 Å². The van der Waals surface area contributed by atoms with Crippen molar-refractivity contribution >= 4 is 0 Å². The van der Waals surface area contributed by atoms with E-state index in [9.17, 15) is 0 Å². The van der Waals surface area contributed by atoms with Gasteiger partial charge in [-0.1, -0.05) is 0 Å². The van der Waals surface area contributed by atoms with E-state index in [1.54, 1.807) is 6.26 Å². The van der Waals surface area contributed by atoms with Crippen molar-refractivity contribution in [2.75, 3.05) is 20.6 Å². The monoisotopic (exact) mass is 259 g/mol. The predicted octanol–water partition coefficient (Wildman–Crippen LogP) is 2.07. The Morgan fingerprint density at radius 3 is 2.79 bits per heavy atom. The van der Waals surface area contributed by atoms with Crippen molar-refractivity contribution in [1.82, 2.24) is 15.2 Å². The van der Waals surface area contributed by atoms with E-state index in [4.69, 9.17) is 4.42 Å². The summed E-state index contributed by atoms with van der Waals surface area (Å²) in [5.74, 6) is 1.03. The smallest absolute Gasteiger partial charge is 0.122 e. The minimum Gasteiger partial charge on any atom is -0.468 e. The van der Waals surface area contributed by atoms with Gasteiger partial charge in [0.1, 0.15) is 5.76 Å². The molecule has 4 nitrogen and oxygen atoms in total. The second-order valence-corrected chi connectivity index (χ2v) is 4.74. The van der Waals surface area contributed by atoms with Crippen molar-refractivity contribution in [3.63, 3.8) is 0 Å². The van der Waals surface area contributed by atoms with E-state index in [-0.39, 0.29) is 0 Å². The zero-order chi connectivity index (χ0) is 13.5. The van der Waals surface area contributed by atoms with Crippen LogP contribution in [0.5, 0.6) is 0 Å². The fourth-order valence-electron chi connectivity index (χ4n) is 2.06. The van der Waals surface area contributed by atoms with Crippen LogP contribution in [0.3, 0.4) is 0 Å². The summed E-state index contributed by atoms with van der Waals surface area (Å²) in [6, 6.07) is 6.19. The standard InChI is InChI=1S/C15H21N3O/c1-16-11-15-14(6-10-19-15)12-18(2)9-5-13-3-7-17-8-4-13/h3-4,6-8,10,16H,5,9,11-12H2,1-2H3. The summed E-state index contributed by atoms with van der Waals surface area (Å²) in [5, 5.41) is 3.12. The fraction of sp³-hybridized carbons (Fsp3) is 0.400. The fourth-order valence-corrected chi connectivity index (χ4v) is 2.06. The van der Waals surface area contributed by atoms with Gasteiger partial charge in [-0.2, -0.15) is 0 Å². The first-order valence-corrected chi connectivity index (χ1v) is 6.57. The van der Waals surface area contributed by atoms with E-state index in [1.807, 2.05) is 19.4 Å². The third-order valence-corrected chi connectivity index (χ3v) is 3.15. The number of rotatable bonds is 7. The van der Waals surface area contributed by atoms with Crippen LogP contribution in [-0.2, 0) is 19.5 Å². The lowest BCUT2D eigenvalue weighted by atomic mass is 10.2. The van der Waals surface area contributed by atoms with Crippen LogP contribution in [0.25, 0.3) is 0 Å². The zero-order valence-corrected chi connectivity index (χ0v) is 11.6. The molecule has 0 amide bonds. The van der Waals surface area contributed by atoms with Crippen LogP contribution in [0.4, 0.5) is 0 Å². The van der Waals surface area contributed by atoms with E-state index < -0.39 is 0 Å². The molecule has 2 aromatic heterocycles. The van der Waals surface area contributed by atoms with Gasteiger partial charge in [0, 0.05) is 31.0 Å². The van der Waals surface area contributed by atoms with Gasteiger partial charge in [-0.3, -0.25) is 4.98 Å². The Hall–Kier alpha value is -1.65. The highest BCUT2D eigenvalue weighted by atomic mass is 16.3. The van der Waals surface area contributed by atoms with E-state index >= 15 is 0 Å². The molecular formula is C15H21N3O. The highest BCUT2D eigenvalue weighted by Crippen LogP contribution is 2.12. The highest BCUT2D eigenvalue weighted by molar-refractivity contribution is 5.17. The number of hydrogen-bond donors (Lipinski definition) is 1. The summed E-state index contributed by atoms with van der Waals surface area (Å²) in [6.07, 6.45) is 6.49. The SMILES string of the molecule is CNCc1occc1CN(C)CCc1ccncc1. The number of nitrogens with zero attached hydrogens (tertiary/aromatic N) is 2. The van der Waals surface area contributed by atoms with Crippen molar-refractivity contribution in [3.8, 4) is 0 Å². The lowest BCUT2D eigenvalue weighted by molar-refractivity contribution is 0.326. The largest absolute Gasteiger partial charge is 0.468 e. The lowest BCUT2D eigenvalue weighted by Crippen LogP contribution is -2.21. The average molecular weight is 259 g/mol.